The number of ether oxygens (including phenoxy) is 2. The molecule has 0 aromatic rings. The Hall–Kier alpha value is -2.19. The summed E-state index contributed by atoms with van der Waals surface area (Å²) in [6.45, 7) is 17.6. The molecule has 0 saturated carbocycles. The van der Waals surface area contributed by atoms with Gasteiger partial charge in [0.25, 0.3) is 0 Å². The Morgan fingerprint density at radius 3 is 1.97 bits per heavy atom. The zero-order valence-electron chi connectivity index (χ0n) is 20.8. The minimum Gasteiger partial charge on any atom is -0.444 e. The molecule has 0 aromatic heterocycles. The number of amides is 2. The van der Waals surface area contributed by atoms with Gasteiger partial charge in [-0.2, -0.15) is 0 Å². The SMILES string of the molecule is CN=C(NCC1CCN(C(=O)OC(C)(C)C)CC1)NCC(C)(C)NC(=O)OC(C)(C)C. The van der Waals surface area contributed by atoms with Gasteiger partial charge in [0.05, 0.1) is 5.54 Å². The molecule has 31 heavy (non-hydrogen) atoms. The highest BCUT2D eigenvalue weighted by Gasteiger charge is 2.27. The number of carbonyl (C=O) groups is 2. The van der Waals surface area contributed by atoms with Crippen molar-refractivity contribution in [1.29, 1.82) is 0 Å². The number of alkyl carbamates (subject to hydrolysis) is 1. The minimum atomic E-state index is -0.537. The van der Waals surface area contributed by atoms with Crippen LogP contribution in [0.4, 0.5) is 9.59 Å². The molecular weight excluding hydrogens is 398 g/mol. The quantitative estimate of drug-likeness (QED) is 0.447. The number of likely N-dealkylation sites (tertiary alicyclic amines) is 1. The molecule has 1 aliphatic heterocycles. The van der Waals surface area contributed by atoms with Gasteiger partial charge in [-0.05, 0) is 74.1 Å². The van der Waals surface area contributed by atoms with Crippen molar-refractivity contribution in [3.8, 4) is 0 Å². The van der Waals surface area contributed by atoms with Gasteiger partial charge in [0, 0.05) is 33.2 Å². The molecule has 0 aliphatic carbocycles. The molecule has 180 valence electrons. The third kappa shape index (κ3) is 11.7. The van der Waals surface area contributed by atoms with E-state index in [9.17, 15) is 9.59 Å². The van der Waals surface area contributed by atoms with Crippen molar-refractivity contribution >= 4 is 18.1 Å². The van der Waals surface area contributed by atoms with Crippen LogP contribution < -0.4 is 16.0 Å². The molecule has 0 unspecified atom stereocenters. The first-order valence-electron chi connectivity index (χ1n) is 11.0. The van der Waals surface area contributed by atoms with Crippen LogP contribution in [0.2, 0.25) is 0 Å². The van der Waals surface area contributed by atoms with E-state index in [-0.39, 0.29) is 6.09 Å². The van der Waals surface area contributed by atoms with Crippen molar-refractivity contribution in [2.24, 2.45) is 10.9 Å². The fourth-order valence-corrected chi connectivity index (χ4v) is 3.04. The maximum atomic E-state index is 12.2. The number of nitrogens with one attached hydrogen (secondary N) is 3. The van der Waals surface area contributed by atoms with Gasteiger partial charge in [-0.25, -0.2) is 9.59 Å². The molecule has 1 saturated heterocycles. The zero-order chi connectivity index (χ0) is 23.9. The lowest BCUT2D eigenvalue weighted by Crippen LogP contribution is -2.54. The van der Waals surface area contributed by atoms with Crippen molar-refractivity contribution in [3.63, 3.8) is 0 Å². The molecule has 9 nitrogen and oxygen atoms in total. The van der Waals surface area contributed by atoms with Gasteiger partial charge >= 0.3 is 12.2 Å². The lowest BCUT2D eigenvalue weighted by atomic mass is 9.97. The van der Waals surface area contributed by atoms with E-state index in [1.165, 1.54) is 0 Å². The second-order valence-corrected chi connectivity index (χ2v) is 10.7. The van der Waals surface area contributed by atoms with Crippen LogP contribution in [0.15, 0.2) is 4.99 Å². The average Bonchev–Trinajstić information content (AvgIpc) is 2.58. The van der Waals surface area contributed by atoms with E-state index in [1.807, 2.05) is 55.4 Å². The van der Waals surface area contributed by atoms with E-state index in [0.29, 0.717) is 31.5 Å². The molecule has 1 aliphatic rings. The van der Waals surface area contributed by atoms with Gasteiger partial charge in [0.1, 0.15) is 11.2 Å². The summed E-state index contributed by atoms with van der Waals surface area (Å²) in [6.07, 6.45) is 1.14. The lowest BCUT2D eigenvalue weighted by molar-refractivity contribution is 0.0185. The Morgan fingerprint density at radius 1 is 0.935 bits per heavy atom. The molecule has 0 spiro atoms. The van der Waals surface area contributed by atoms with Crippen LogP contribution in [0.3, 0.4) is 0 Å². The summed E-state index contributed by atoms with van der Waals surface area (Å²) in [5.41, 5.74) is -1.53. The number of piperidine rings is 1. The Balaban J connectivity index is 2.38. The third-order valence-corrected chi connectivity index (χ3v) is 4.59. The van der Waals surface area contributed by atoms with Crippen molar-refractivity contribution in [1.82, 2.24) is 20.9 Å². The minimum absolute atomic E-state index is 0.240. The zero-order valence-corrected chi connectivity index (χ0v) is 20.8. The normalized spacial score (nSPS) is 16.5. The number of hydrogen-bond acceptors (Lipinski definition) is 5. The number of aliphatic imine (C=N–C) groups is 1. The van der Waals surface area contributed by atoms with Crippen LogP contribution in [-0.2, 0) is 9.47 Å². The summed E-state index contributed by atoms with van der Waals surface area (Å²) < 4.78 is 10.8. The van der Waals surface area contributed by atoms with Gasteiger partial charge in [0.2, 0.25) is 0 Å². The Bertz CT molecular complexity index is 627. The summed E-state index contributed by atoms with van der Waals surface area (Å²) in [6, 6.07) is 0. The van der Waals surface area contributed by atoms with Gasteiger partial charge in [-0.1, -0.05) is 0 Å². The smallest absolute Gasteiger partial charge is 0.410 e. The van der Waals surface area contributed by atoms with Crippen LogP contribution in [0, 0.1) is 5.92 Å². The van der Waals surface area contributed by atoms with Crippen LogP contribution >= 0.6 is 0 Å². The molecule has 1 fully saturated rings. The fraction of sp³-hybridized carbons (Fsp3) is 0.864. The third-order valence-electron chi connectivity index (χ3n) is 4.59. The molecule has 9 heteroatoms. The standard InChI is InChI=1S/C22H43N5O4/c1-20(2,3)30-18(28)26-22(7,8)15-25-17(23-9)24-14-16-10-12-27(13-11-16)19(29)31-21(4,5)6/h16H,10-15H2,1-9H3,(H,26,28)(H2,23,24,25). The maximum absolute atomic E-state index is 12.2. The summed E-state index contributed by atoms with van der Waals surface area (Å²) >= 11 is 0. The van der Waals surface area contributed by atoms with E-state index in [1.54, 1.807) is 11.9 Å². The fourth-order valence-electron chi connectivity index (χ4n) is 3.04. The molecule has 0 radical (unpaired) electrons. The number of nitrogens with zero attached hydrogens (tertiary/aromatic N) is 2. The predicted octanol–water partition coefficient (Wildman–Crippen LogP) is 3.10. The number of hydrogen-bond donors (Lipinski definition) is 3. The van der Waals surface area contributed by atoms with Crippen LogP contribution in [0.5, 0.6) is 0 Å². The molecule has 0 bridgehead atoms. The lowest BCUT2D eigenvalue weighted by Gasteiger charge is -2.34. The highest BCUT2D eigenvalue weighted by atomic mass is 16.6. The molecule has 3 N–H and O–H groups in total. The number of carbonyl (C=O) groups excluding carboxylic acids is 2. The second kappa shape index (κ2) is 10.9. The highest BCUT2D eigenvalue weighted by molar-refractivity contribution is 5.79. The number of guanidine groups is 1. The van der Waals surface area contributed by atoms with E-state index in [0.717, 1.165) is 19.4 Å². The summed E-state index contributed by atoms with van der Waals surface area (Å²) in [4.78, 5) is 30.3. The molecule has 0 aromatic carbocycles. The second-order valence-electron chi connectivity index (χ2n) is 10.7. The monoisotopic (exact) mass is 441 g/mol. The van der Waals surface area contributed by atoms with Crippen LogP contribution in [-0.4, -0.2) is 73.0 Å². The topological polar surface area (TPSA) is 104 Å². The molecule has 0 atom stereocenters. The summed E-state index contributed by atoms with van der Waals surface area (Å²) in [5, 5.41) is 9.47. The first-order chi connectivity index (χ1) is 14.1. The Morgan fingerprint density at radius 2 is 1.48 bits per heavy atom. The van der Waals surface area contributed by atoms with Crippen molar-refractivity contribution < 1.29 is 19.1 Å². The molecular formula is C22H43N5O4. The first kappa shape index (κ1) is 26.8. The largest absolute Gasteiger partial charge is 0.444 e. The van der Waals surface area contributed by atoms with Gasteiger partial charge in [-0.15, -0.1) is 0 Å². The molecule has 2 amide bonds. The maximum Gasteiger partial charge on any atom is 0.410 e. The average molecular weight is 442 g/mol. The molecule has 1 heterocycles. The van der Waals surface area contributed by atoms with E-state index in [2.05, 4.69) is 20.9 Å². The first-order valence-corrected chi connectivity index (χ1v) is 11.0. The predicted molar refractivity (Wildman–Crippen MR) is 123 cm³/mol. The van der Waals surface area contributed by atoms with E-state index in [4.69, 9.17) is 9.47 Å². The van der Waals surface area contributed by atoms with Crippen LogP contribution in [0.1, 0.15) is 68.2 Å². The van der Waals surface area contributed by atoms with Gasteiger partial charge in [-0.3, -0.25) is 4.99 Å². The van der Waals surface area contributed by atoms with Gasteiger partial charge in [0.15, 0.2) is 5.96 Å². The van der Waals surface area contributed by atoms with Crippen molar-refractivity contribution in [3.05, 3.63) is 0 Å². The Labute approximate surface area is 187 Å². The van der Waals surface area contributed by atoms with E-state index < -0.39 is 22.8 Å². The van der Waals surface area contributed by atoms with E-state index >= 15 is 0 Å². The highest BCUT2D eigenvalue weighted by Crippen LogP contribution is 2.19. The molecule has 1 rings (SSSR count). The van der Waals surface area contributed by atoms with Gasteiger partial charge < -0.3 is 30.3 Å². The Kier molecular flexibility index (Phi) is 9.44. The summed E-state index contributed by atoms with van der Waals surface area (Å²) in [7, 11) is 1.72. The number of rotatable bonds is 5. The van der Waals surface area contributed by atoms with Crippen molar-refractivity contribution in [2.75, 3.05) is 33.2 Å². The van der Waals surface area contributed by atoms with Crippen molar-refractivity contribution in [2.45, 2.75) is 85.0 Å². The van der Waals surface area contributed by atoms with Crippen LogP contribution in [0.25, 0.3) is 0 Å². The summed E-state index contributed by atoms with van der Waals surface area (Å²) in [5.74, 6) is 1.12.